The molecule has 0 atom stereocenters. The summed E-state index contributed by atoms with van der Waals surface area (Å²) in [5, 5.41) is 7.10. The highest BCUT2D eigenvalue weighted by molar-refractivity contribution is 6.03. The number of nitrogens with zero attached hydrogens (tertiary/aromatic N) is 1. The minimum Gasteiger partial charge on any atom is -0.352 e. The number of amides is 2. The molecule has 0 heterocycles. The molecule has 1 aliphatic rings. The summed E-state index contributed by atoms with van der Waals surface area (Å²) in [5.74, 6) is -0.380. The van der Waals surface area contributed by atoms with Crippen molar-refractivity contribution in [1.82, 2.24) is 10.7 Å². The molecule has 1 aliphatic carbocycles. The number of hydrazone groups is 1. The van der Waals surface area contributed by atoms with E-state index < -0.39 is 0 Å². The highest BCUT2D eigenvalue weighted by Crippen LogP contribution is 2.21. The molecule has 2 N–H and O–H groups in total. The molecule has 0 aromatic heterocycles. The van der Waals surface area contributed by atoms with Crippen molar-refractivity contribution in [1.29, 1.82) is 0 Å². The predicted octanol–water partition coefficient (Wildman–Crippen LogP) is 2.94. The maximum Gasteiger partial charge on any atom is 0.240 e. The van der Waals surface area contributed by atoms with Crippen LogP contribution in [-0.2, 0) is 22.6 Å². The molecule has 0 fully saturated rings. The highest BCUT2D eigenvalue weighted by Gasteiger charge is 2.15. The molecule has 3 rings (SSSR count). The van der Waals surface area contributed by atoms with Crippen LogP contribution in [0.1, 0.15) is 42.4 Å². The van der Waals surface area contributed by atoms with E-state index in [1.165, 1.54) is 5.56 Å². The van der Waals surface area contributed by atoms with Crippen LogP contribution in [0, 0.1) is 0 Å². The van der Waals surface area contributed by atoms with Crippen molar-refractivity contribution in [2.45, 2.75) is 38.6 Å². The van der Waals surface area contributed by atoms with Gasteiger partial charge >= 0.3 is 0 Å². The lowest BCUT2D eigenvalue weighted by atomic mass is 9.90. The summed E-state index contributed by atoms with van der Waals surface area (Å²) in [4.78, 5) is 23.8. The number of benzene rings is 2. The van der Waals surface area contributed by atoms with Crippen LogP contribution < -0.4 is 10.7 Å². The van der Waals surface area contributed by atoms with Crippen LogP contribution >= 0.6 is 0 Å². The molecule has 0 saturated heterocycles. The van der Waals surface area contributed by atoms with Gasteiger partial charge in [0.2, 0.25) is 11.8 Å². The topological polar surface area (TPSA) is 70.6 Å². The monoisotopic (exact) mass is 349 g/mol. The number of carbonyl (C=O) groups excluding carboxylic acids is 2. The Hall–Kier alpha value is -2.95. The first-order valence-corrected chi connectivity index (χ1v) is 8.96. The van der Waals surface area contributed by atoms with E-state index in [1.54, 1.807) is 0 Å². The molecular formula is C21H23N3O2. The summed E-state index contributed by atoms with van der Waals surface area (Å²) in [5.41, 5.74) is 6.92. The molecule has 2 aromatic rings. The fraction of sp³-hybridized carbons (Fsp3) is 0.286. The van der Waals surface area contributed by atoms with Crippen LogP contribution in [0.3, 0.4) is 0 Å². The minimum atomic E-state index is -0.240. The van der Waals surface area contributed by atoms with Crippen LogP contribution in [0.4, 0.5) is 0 Å². The van der Waals surface area contributed by atoms with Crippen LogP contribution in [-0.4, -0.2) is 17.5 Å². The third-order valence-electron chi connectivity index (χ3n) is 4.42. The van der Waals surface area contributed by atoms with Gasteiger partial charge in [-0.15, -0.1) is 0 Å². The second-order valence-electron chi connectivity index (χ2n) is 6.37. The highest BCUT2D eigenvalue weighted by atomic mass is 16.2. The predicted molar refractivity (Wildman–Crippen MR) is 102 cm³/mol. The number of hydrogen-bond donors (Lipinski definition) is 2. The summed E-state index contributed by atoms with van der Waals surface area (Å²) in [6, 6.07) is 17.8. The second-order valence-corrected chi connectivity index (χ2v) is 6.37. The van der Waals surface area contributed by atoms with Crippen molar-refractivity contribution in [2.24, 2.45) is 5.10 Å². The van der Waals surface area contributed by atoms with Crippen molar-refractivity contribution in [3.63, 3.8) is 0 Å². The first-order chi connectivity index (χ1) is 12.7. The van der Waals surface area contributed by atoms with E-state index in [9.17, 15) is 9.59 Å². The number of hydrogen-bond acceptors (Lipinski definition) is 3. The molecule has 0 radical (unpaired) electrons. The van der Waals surface area contributed by atoms with Crippen LogP contribution in [0.2, 0.25) is 0 Å². The Morgan fingerprint density at radius 1 is 0.885 bits per heavy atom. The molecule has 0 bridgehead atoms. The van der Waals surface area contributed by atoms with Gasteiger partial charge in [0.1, 0.15) is 0 Å². The van der Waals surface area contributed by atoms with Gasteiger partial charge in [0, 0.05) is 24.9 Å². The third kappa shape index (κ3) is 5.02. The van der Waals surface area contributed by atoms with Crippen molar-refractivity contribution >= 4 is 17.5 Å². The summed E-state index contributed by atoms with van der Waals surface area (Å²) < 4.78 is 0. The Labute approximate surface area is 153 Å². The summed E-state index contributed by atoms with van der Waals surface area (Å²) in [6.07, 6.45) is 3.21. The van der Waals surface area contributed by atoms with Gasteiger partial charge < -0.3 is 5.32 Å². The first-order valence-electron chi connectivity index (χ1n) is 8.96. The largest absolute Gasteiger partial charge is 0.352 e. The number of aryl methyl sites for hydroxylation is 1. The average molecular weight is 349 g/mol. The second kappa shape index (κ2) is 8.94. The zero-order valence-corrected chi connectivity index (χ0v) is 14.7. The maximum absolute atomic E-state index is 12.0. The summed E-state index contributed by atoms with van der Waals surface area (Å²) in [7, 11) is 0. The first kappa shape index (κ1) is 17.9. The van der Waals surface area contributed by atoms with Gasteiger partial charge in [-0.3, -0.25) is 9.59 Å². The fourth-order valence-corrected chi connectivity index (χ4v) is 3.01. The Bertz CT molecular complexity index is 800. The van der Waals surface area contributed by atoms with E-state index in [1.807, 2.05) is 48.5 Å². The van der Waals surface area contributed by atoms with Crippen molar-refractivity contribution < 1.29 is 9.59 Å². The van der Waals surface area contributed by atoms with E-state index in [4.69, 9.17) is 0 Å². The average Bonchev–Trinajstić information content (AvgIpc) is 2.70. The lowest BCUT2D eigenvalue weighted by Gasteiger charge is -2.17. The SMILES string of the molecule is O=C(CCC(=O)N/N=C1\CCCc2ccccc21)NCc1ccccc1. The number of fused-ring (bicyclic) bond motifs is 1. The van der Waals surface area contributed by atoms with Crippen molar-refractivity contribution in [3.8, 4) is 0 Å². The van der Waals surface area contributed by atoms with Gasteiger partial charge in [-0.2, -0.15) is 5.10 Å². The van der Waals surface area contributed by atoms with E-state index in [-0.39, 0.29) is 24.7 Å². The normalized spacial score (nSPS) is 14.5. The molecule has 5 nitrogen and oxygen atoms in total. The van der Waals surface area contributed by atoms with Crippen LogP contribution in [0.15, 0.2) is 59.7 Å². The Kier molecular flexibility index (Phi) is 6.14. The molecule has 5 heteroatoms. The molecule has 2 amide bonds. The van der Waals surface area contributed by atoms with E-state index in [0.717, 1.165) is 36.1 Å². The summed E-state index contributed by atoms with van der Waals surface area (Å²) >= 11 is 0. The van der Waals surface area contributed by atoms with Gasteiger partial charge in [0.15, 0.2) is 0 Å². The Morgan fingerprint density at radius 3 is 2.46 bits per heavy atom. The van der Waals surface area contributed by atoms with E-state index in [0.29, 0.717) is 6.54 Å². The zero-order valence-electron chi connectivity index (χ0n) is 14.7. The lowest BCUT2D eigenvalue weighted by molar-refractivity contribution is -0.126. The Morgan fingerprint density at radius 2 is 1.62 bits per heavy atom. The molecule has 0 unspecified atom stereocenters. The zero-order chi connectivity index (χ0) is 18.2. The molecular weight excluding hydrogens is 326 g/mol. The Balaban J connectivity index is 1.44. The number of rotatable bonds is 6. The smallest absolute Gasteiger partial charge is 0.240 e. The molecule has 0 spiro atoms. The van der Waals surface area contributed by atoms with Crippen molar-refractivity contribution in [2.75, 3.05) is 0 Å². The molecule has 2 aromatic carbocycles. The quantitative estimate of drug-likeness (QED) is 0.787. The molecule has 134 valence electrons. The van der Waals surface area contributed by atoms with Gasteiger partial charge in [0.05, 0.1) is 5.71 Å². The van der Waals surface area contributed by atoms with Gasteiger partial charge in [0.25, 0.3) is 0 Å². The minimum absolute atomic E-state index is 0.124. The van der Waals surface area contributed by atoms with E-state index in [2.05, 4.69) is 21.9 Å². The standard InChI is InChI=1S/C21H23N3O2/c25-20(22-15-16-7-2-1-3-8-16)13-14-21(26)24-23-19-12-6-10-17-9-4-5-11-18(17)19/h1-5,7-9,11H,6,10,12-15H2,(H,22,25)(H,24,26)/b23-19+. The van der Waals surface area contributed by atoms with Crippen LogP contribution in [0.25, 0.3) is 0 Å². The number of carbonyl (C=O) groups is 2. The van der Waals surface area contributed by atoms with Crippen LogP contribution in [0.5, 0.6) is 0 Å². The lowest BCUT2D eigenvalue weighted by Crippen LogP contribution is -2.26. The fourth-order valence-electron chi connectivity index (χ4n) is 3.01. The van der Waals surface area contributed by atoms with Crippen molar-refractivity contribution in [3.05, 3.63) is 71.3 Å². The molecule has 26 heavy (non-hydrogen) atoms. The van der Waals surface area contributed by atoms with Gasteiger partial charge in [-0.25, -0.2) is 5.43 Å². The number of nitrogens with one attached hydrogen (secondary N) is 2. The van der Waals surface area contributed by atoms with E-state index >= 15 is 0 Å². The maximum atomic E-state index is 12.0. The van der Waals surface area contributed by atoms with Gasteiger partial charge in [-0.05, 0) is 30.4 Å². The van der Waals surface area contributed by atoms with Gasteiger partial charge in [-0.1, -0.05) is 54.6 Å². The molecule has 0 aliphatic heterocycles. The summed E-state index contributed by atoms with van der Waals surface area (Å²) in [6.45, 7) is 0.473. The molecule has 0 saturated carbocycles. The third-order valence-corrected chi connectivity index (χ3v) is 4.42.